The predicted molar refractivity (Wildman–Crippen MR) is 126 cm³/mol. The van der Waals surface area contributed by atoms with Crippen molar-refractivity contribution < 1.29 is 8.78 Å². The first-order valence-electron chi connectivity index (χ1n) is 11.8. The summed E-state index contributed by atoms with van der Waals surface area (Å²) in [6.45, 7) is 4.25. The molecule has 162 valence electrons. The first-order chi connectivity index (χ1) is 14.6. The summed E-state index contributed by atoms with van der Waals surface area (Å²) in [4.78, 5) is 0. The molecule has 1 saturated carbocycles. The Kier molecular flexibility index (Phi) is 8.66. The highest BCUT2D eigenvalue weighted by Crippen LogP contribution is 2.39. The van der Waals surface area contributed by atoms with E-state index in [4.69, 9.17) is 0 Å². The van der Waals surface area contributed by atoms with Crippen molar-refractivity contribution in [3.05, 3.63) is 65.5 Å². The van der Waals surface area contributed by atoms with Gasteiger partial charge in [0.05, 0.1) is 0 Å². The SMILES string of the molecule is C/C=C/CCC1CCC(C(F)=C(F)c2ccc3cc(CCCCC)ccc3c2)CC1. The van der Waals surface area contributed by atoms with Crippen LogP contribution in [-0.4, -0.2) is 0 Å². The molecule has 0 N–H and O–H groups in total. The summed E-state index contributed by atoms with van der Waals surface area (Å²) in [5.74, 6) is -0.821. The molecule has 0 aliphatic heterocycles. The van der Waals surface area contributed by atoms with E-state index in [1.807, 2.05) is 19.1 Å². The van der Waals surface area contributed by atoms with E-state index in [9.17, 15) is 8.78 Å². The van der Waals surface area contributed by atoms with Gasteiger partial charge in [0.25, 0.3) is 0 Å². The first kappa shape index (κ1) is 22.7. The topological polar surface area (TPSA) is 0 Å². The van der Waals surface area contributed by atoms with Gasteiger partial charge in [-0.3, -0.25) is 0 Å². The van der Waals surface area contributed by atoms with Crippen molar-refractivity contribution in [2.75, 3.05) is 0 Å². The zero-order valence-corrected chi connectivity index (χ0v) is 18.6. The molecule has 0 nitrogen and oxygen atoms in total. The lowest BCUT2D eigenvalue weighted by Crippen LogP contribution is -2.15. The van der Waals surface area contributed by atoms with Crippen molar-refractivity contribution in [1.82, 2.24) is 0 Å². The minimum Gasteiger partial charge on any atom is -0.208 e. The molecule has 0 heterocycles. The second-order valence-electron chi connectivity index (χ2n) is 8.88. The van der Waals surface area contributed by atoms with Gasteiger partial charge in [0, 0.05) is 11.5 Å². The molecule has 2 aromatic rings. The van der Waals surface area contributed by atoms with Crippen molar-refractivity contribution in [1.29, 1.82) is 0 Å². The van der Waals surface area contributed by atoms with Crippen LogP contribution in [0.1, 0.15) is 82.8 Å². The molecule has 30 heavy (non-hydrogen) atoms. The fraction of sp³-hybridized carbons (Fsp3) is 0.500. The quantitative estimate of drug-likeness (QED) is 0.285. The molecule has 0 amide bonds. The van der Waals surface area contributed by atoms with Gasteiger partial charge in [-0.15, -0.1) is 0 Å². The second-order valence-corrected chi connectivity index (χ2v) is 8.88. The van der Waals surface area contributed by atoms with Crippen molar-refractivity contribution in [2.24, 2.45) is 11.8 Å². The smallest absolute Gasteiger partial charge is 0.162 e. The van der Waals surface area contributed by atoms with E-state index < -0.39 is 11.7 Å². The van der Waals surface area contributed by atoms with E-state index >= 15 is 0 Å². The molecule has 0 radical (unpaired) electrons. The van der Waals surface area contributed by atoms with E-state index in [1.54, 1.807) is 12.1 Å². The molecule has 1 fully saturated rings. The Bertz CT molecular complexity index is 869. The molecule has 3 rings (SSSR count). The highest BCUT2D eigenvalue weighted by Gasteiger charge is 2.26. The molecule has 0 atom stereocenters. The van der Waals surface area contributed by atoms with Crippen LogP contribution in [0.5, 0.6) is 0 Å². The van der Waals surface area contributed by atoms with Crippen molar-refractivity contribution in [3.63, 3.8) is 0 Å². The Morgan fingerprint density at radius 1 is 0.967 bits per heavy atom. The molecule has 0 aromatic heterocycles. The first-order valence-corrected chi connectivity index (χ1v) is 11.8. The summed E-state index contributed by atoms with van der Waals surface area (Å²) in [6, 6.07) is 11.8. The Morgan fingerprint density at radius 2 is 1.70 bits per heavy atom. The van der Waals surface area contributed by atoms with Crippen LogP contribution in [-0.2, 0) is 6.42 Å². The van der Waals surface area contributed by atoms with Gasteiger partial charge in [0.1, 0.15) is 5.83 Å². The zero-order valence-electron chi connectivity index (χ0n) is 18.6. The number of fused-ring (bicyclic) bond motifs is 1. The fourth-order valence-electron chi connectivity index (χ4n) is 4.69. The Balaban J connectivity index is 1.66. The summed E-state index contributed by atoms with van der Waals surface area (Å²) >= 11 is 0. The van der Waals surface area contributed by atoms with Crippen LogP contribution in [0.2, 0.25) is 0 Å². The average Bonchev–Trinajstić information content (AvgIpc) is 2.78. The summed E-state index contributed by atoms with van der Waals surface area (Å²) in [5.41, 5.74) is 1.69. The van der Waals surface area contributed by atoms with Crippen LogP contribution >= 0.6 is 0 Å². The predicted octanol–water partition coefficient (Wildman–Crippen LogP) is 9.34. The monoisotopic (exact) mass is 410 g/mol. The molecule has 1 aliphatic carbocycles. The van der Waals surface area contributed by atoms with Crippen molar-refractivity contribution >= 4 is 16.6 Å². The lowest BCUT2D eigenvalue weighted by molar-refractivity contribution is 0.263. The van der Waals surface area contributed by atoms with E-state index in [0.717, 1.165) is 55.7 Å². The Hall–Kier alpha value is -1.96. The van der Waals surface area contributed by atoms with Crippen LogP contribution in [0.15, 0.2) is 54.4 Å². The standard InChI is InChI=1S/C28H36F2/c1-3-5-7-9-21-11-14-23(15-12-21)27(29)28(30)26-18-17-24-19-22(10-8-6-4-2)13-16-25(24)20-26/h3,5,13,16-21,23H,4,6-12,14-15H2,1-2H3/b5-3+,28-27?. The summed E-state index contributed by atoms with van der Waals surface area (Å²) in [7, 11) is 0. The minimum absolute atomic E-state index is 0.264. The second kappa shape index (κ2) is 11.4. The van der Waals surface area contributed by atoms with Gasteiger partial charge < -0.3 is 0 Å². The van der Waals surface area contributed by atoms with Crippen LogP contribution in [0.4, 0.5) is 8.78 Å². The average molecular weight is 411 g/mol. The van der Waals surface area contributed by atoms with Crippen LogP contribution in [0.3, 0.4) is 0 Å². The third-order valence-electron chi connectivity index (χ3n) is 6.62. The highest BCUT2D eigenvalue weighted by atomic mass is 19.2. The maximum atomic E-state index is 15.0. The van der Waals surface area contributed by atoms with Crippen molar-refractivity contribution in [2.45, 2.75) is 78.1 Å². The molecular weight excluding hydrogens is 374 g/mol. The number of allylic oxidation sites excluding steroid dienone is 3. The highest BCUT2D eigenvalue weighted by molar-refractivity contribution is 5.86. The van der Waals surface area contributed by atoms with Gasteiger partial charge in [-0.25, -0.2) is 8.78 Å². The normalized spacial score (nSPS) is 20.7. The van der Waals surface area contributed by atoms with Gasteiger partial charge in [0.2, 0.25) is 0 Å². The number of unbranched alkanes of at least 4 members (excludes halogenated alkanes) is 2. The number of rotatable bonds is 9. The van der Waals surface area contributed by atoms with Gasteiger partial charge in [-0.05, 0) is 86.6 Å². The Labute approximate surface area is 181 Å². The lowest BCUT2D eigenvalue weighted by atomic mass is 9.79. The van der Waals surface area contributed by atoms with E-state index in [0.29, 0.717) is 11.5 Å². The third-order valence-corrected chi connectivity index (χ3v) is 6.62. The van der Waals surface area contributed by atoms with Gasteiger partial charge >= 0.3 is 0 Å². The Morgan fingerprint density at radius 3 is 2.43 bits per heavy atom. The van der Waals surface area contributed by atoms with Gasteiger partial charge in [-0.1, -0.05) is 62.2 Å². The van der Waals surface area contributed by atoms with Gasteiger partial charge in [-0.2, -0.15) is 0 Å². The number of halogens is 2. The van der Waals surface area contributed by atoms with Crippen LogP contribution in [0.25, 0.3) is 16.6 Å². The van der Waals surface area contributed by atoms with Crippen molar-refractivity contribution in [3.8, 4) is 0 Å². The zero-order chi connectivity index (χ0) is 21.3. The minimum atomic E-state index is -0.665. The maximum absolute atomic E-state index is 15.0. The van der Waals surface area contributed by atoms with E-state index in [-0.39, 0.29) is 5.92 Å². The van der Waals surface area contributed by atoms with Gasteiger partial charge in [0.15, 0.2) is 5.83 Å². The lowest BCUT2D eigenvalue weighted by Gasteiger charge is -2.27. The molecular formula is C28H36F2. The molecule has 0 bridgehead atoms. The van der Waals surface area contributed by atoms with E-state index in [1.165, 1.54) is 24.8 Å². The molecule has 0 spiro atoms. The van der Waals surface area contributed by atoms with E-state index in [2.05, 4.69) is 31.2 Å². The molecule has 2 heteroatoms. The van der Waals surface area contributed by atoms with Crippen LogP contribution < -0.4 is 0 Å². The number of hydrogen-bond acceptors (Lipinski definition) is 0. The van der Waals surface area contributed by atoms with Crippen LogP contribution in [0, 0.1) is 11.8 Å². The molecule has 1 aliphatic rings. The molecule has 2 aromatic carbocycles. The third kappa shape index (κ3) is 6.03. The molecule has 0 saturated heterocycles. The fourth-order valence-corrected chi connectivity index (χ4v) is 4.69. The molecule has 0 unspecified atom stereocenters. The summed E-state index contributed by atoms with van der Waals surface area (Å²) < 4.78 is 29.9. The number of hydrogen-bond donors (Lipinski definition) is 0. The summed E-state index contributed by atoms with van der Waals surface area (Å²) in [6.07, 6.45) is 14.8. The maximum Gasteiger partial charge on any atom is 0.162 e. The number of aryl methyl sites for hydroxylation is 1. The number of benzene rings is 2. The summed E-state index contributed by atoms with van der Waals surface area (Å²) in [5, 5.41) is 2.07. The largest absolute Gasteiger partial charge is 0.208 e.